The highest BCUT2D eigenvalue weighted by atomic mass is 16.3. The monoisotopic (exact) mass is 226 g/mol. The van der Waals surface area contributed by atoms with Crippen LogP contribution in [-0.4, -0.2) is 46.6 Å². The third-order valence-corrected chi connectivity index (χ3v) is 3.48. The minimum absolute atomic E-state index is 0.0189. The molecule has 2 aliphatic rings. The Morgan fingerprint density at radius 3 is 2.38 bits per heavy atom. The van der Waals surface area contributed by atoms with Crippen LogP contribution in [0.3, 0.4) is 0 Å². The fraction of sp³-hybridized carbons (Fsp3) is 0.818. The number of carbonyl (C=O) groups excluding carboxylic acids is 2. The van der Waals surface area contributed by atoms with E-state index in [4.69, 9.17) is 0 Å². The SMILES string of the molecule is CC(=O)NCC(=O)N1C2CCC1CC(O)C2. The Hall–Kier alpha value is -1.10. The molecule has 0 aliphatic carbocycles. The standard InChI is InChI=1S/C11H18N2O3/c1-7(14)12-6-11(16)13-8-2-3-9(13)5-10(15)4-8/h8-10,15H,2-6H2,1H3,(H,12,14). The molecule has 16 heavy (non-hydrogen) atoms. The third-order valence-electron chi connectivity index (χ3n) is 3.48. The highest BCUT2D eigenvalue weighted by molar-refractivity contribution is 5.84. The van der Waals surface area contributed by atoms with E-state index >= 15 is 0 Å². The first kappa shape index (κ1) is 11.4. The average molecular weight is 226 g/mol. The molecule has 2 saturated heterocycles. The summed E-state index contributed by atoms with van der Waals surface area (Å²) in [6.45, 7) is 1.49. The highest BCUT2D eigenvalue weighted by Crippen LogP contribution is 2.35. The number of hydrogen-bond donors (Lipinski definition) is 2. The summed E-state index contributed by atoms with van der Waals surface area (Å²) in [5.74, 6) is -0.202. The van der Waals surface area contributed by atoms with Gasteiger partial charge >= 0.3 is 0 Å². The van der Waals surface area contributed by atoms with E-state index in [9.17, 15) is 14.7 Å². The lowest BCUT2D eigenvalue weighted by Crippen LogP contribution is -2.51. The Balaban J connectivity index is 1.95. The molecule has 0 aromatic heterocycles. The summed E-state index contributed by atoms with van der Waals surface area (Å²) in [6.07, 6.45) is 3.06. The van der Waals surface area contributed by atoms with Gasteiger partial charge in [0.1, 0.15) is 0 Å². The molecule has 0 radical (unpaired) electrons. The van der Waals surface area contributed by atoms with Crippen LogP contribution in [0.1, 0.15) is 32.6 Å². The molecular formula is C11H18N2O3. The van der Waals surface area contributed by atoms with Crippen molar-refractivity contribution in [2.45, 2.75) is 50.8 Å². The molecule has 90 valence electrons. The molecule has 2 rings (SSSR count). The molecule has 0 aromatic carbocycles. The van der Waals surface area contributed by atoms with Crippen molar-refractivity contribution >= 4 is 11.8 Å². The van der Waals surface area contributed by atoms with Crippen LogP contribution < -0.4 is 5.32 Å². The van der Waals surface area contributed by atoms with E-state index in [1.165, 1.54) is 6.92 Å². The fourth-order valence-electron chi connectivity index (χ4n) is 2.85. The first-order valence-electron chi connectivity index (χ1n) is 5.81. The quantitative estimate of drug-likeness (QED) is 0.675. The Labute approximate surface area is 94.8 Å². The summed E-state index contributed by atoms with van der Waals surface area (Å²) in [7, 11) is 0. The van der Waals surface area contributed by atoms with Crippen LogP contribution in [0.2, 0.25) is 0 Å². The molecule has 0 saturated carbocycles. The van der Waals surface area contributed by atoms with Gasteiger partial charge in [-0.3, -0.25) is 9.59 Å². The van der Waals surface area contributed by atoms with Gasteiger partial charge in [-0.2, -0.15) is 0 Å². The Kier molecular flexibility index (Phi) is 3.14. The van der Waals surface area contributed by atoms with Crippen molar-refractivity contribution in [1.29, 1.82) is 0 Å². The molecule has 2 amide bonds. The number of fused-ring (bicyclic) bond motifs is 2. The van der Waals surface area contributed by atoms with E-state index in [1.807, 2.05) is 4.90 Å². The largest absolute Gasteiger partial charge is 0.393 e. The number of rotatable bonds is 2. The topological polar surface area (TPSA) is 69.6 Å². The first-order chi connectivity index (χ1) is 7.58. The van der Waals surface area contributed by atoms with Gasteiger partial charge in [-0.1, -0.05) is 0 Å². The number of hydrogen-bond acceptors (Lipinski definition) is 3. The second kappa shape index (κ2) is 4.41. The lowest BCUT2D eigenvalue weighted by Gasteiger charge is -2.37. The molecule has 0 aromatic rings. The number of piperidine rings is 1. The summed E-state index contributed by atoms with van der Waals surface area (Å²) in [5.41, 5.74) is 0. The molecule has 5 nitrogen and oxygen atoms in total. The maximum Gasteiger partial charge on any atom is 0.242 e. The molecule has 2 bridgehead atoms. The highest BCUT2D eigenvalue weighted by Gasteiger charge is 2.42. The number of aliphatic hydroxyl groups excluding tert-OH is 1. The van der Waals surface area contributed by atoms with E-state index < -0.39 is 0 Å². The second-order valence-corrected chi connectivity index (χ2v) is 4.72. The molecular weight excluding hydrogens is 208 g/mol. The fourth-order valence-corrected chi connectivity index (χ4v) is 2.85. The van der Waals surface area contributed by atoms with Crippen LogP contribution in [0, 0.1) is 0 Å². The summed E-state index contributed by atoms with van der Waals surface area (Å²) in [6, 6.07) is 0.352. The lowest BCUT2D eigenvalue weighted by molar-refractivity contribution is -0.138. The zero-order chi connectivity index (χ0) is 11.7. The zero-order valence-electron chi connectivity index (χ0n) is 9.48. The molecule has 2 heterocycles. The lowest BCUT2D eigenvalue weighted by atomic mass is 10.00. The van der Waals surface area contributed by atoms with Crippen LogP contribution in [0.15, 0.2) is 0 Å². The molecule has 2 fully saturated rings. The number of amides is 2. The van der Waals surface area contributed by atoms with Gasteiger partial charge in [0.25, 0.3) is 0 Å². The molecule has 2 atom stereocenters. The van der Waals surface area contributed by atoms with E-state index in [1.54, 1.807) is 0 Å². The number of carbonyl (C=O) groups is 2. The van der Waals surface area contributed by atoms with E-state index in [-0.39, 0.29) is 36.5 Å². The van der Waals surface area contributed by atoms with Gasteiger partial charge in [-0.25, -0.2) is 0 Å². The van der Waals surface area contributed by atoms with Crippen molar-refractivity contribution in [2.24, 2.45) is 0 Å². The predicted molar refractivity (Wildman–Crippen MR) is 57.6 cm³/mol. The van der Waals surface area contributed by atoms with Crippen LogP contribution in [0.4, 0.5) is 0 Å². The van der Waals surface area contributed by atoms with Gasteiger partial charge in [0, 0.05) is 19.0 Å². The number of nitrogens with zero attached hydrogens (tertiary/aromatic N) is 1. The third kappa shape index (κ3) is 2.19. The van der Waals surface area contributed by atoms with Crippen molar-refractivity contribution in [3.05, 3.63) is 0 Å². The Morgan fingerprint density at radius 1 is 1.31 bits per heavy atom. The van der Waals surface area contributed by atoms with Crippen LogP contribution in [0.25, 0.3) is 0 Å². The van der Waals surface area contributed by atoms with Crippen molar-refractivity contribution < 1.29 is 14.7 Å². The maximum atomic E-state index is 11.9. The number of aliphatic hydroxyl groups is 1. The summed E-state index contributed by atoms with van der Waals surface area (Å²) >= 11 is 0. The zero-order valence-corrected chi connectivity index (χ0v) is 9.48. The van der Waals surface area contributed by atoms with Crippen molar-refractivity contribution in [1.82, 2.24) is 10.2 Å². The molecule has 5 heteroatoms. The average Bonchev–Trinajstić information content (AvgIpc) is 2.48. The predicted octanol–water partition coefficient (Wildman–Crippen LogP) is -0.363. The van der Waals surface area contributed by atoms with Gasteiger partial charge in [-0.05, 0) is 25.7 Å². The first-order valence-corrected chi connectivity index (χ1v) is 5.81. The van der Waals surface area contributed by atoms with E-state index in [0.717, 1.165) is 12.8 Å². The summed E-state index contributed by atoms with van der Waals surface area (Å²) in [5, 5.41) is 12.1. The normalized spacial score (nSPS) is 32.6. The van der Waals surface area contributed by atoms with Gasteiger partial charge in [0.15, 0.2) is 0 Å². The molecule has 0 spiro atoms. The molecule has 2 unspecified atom stereocenters. The smallest absolute Gasteiger partial charge is 0.242 e. The van der Waals surface area contributed by atoms with E-state index in [2.05, 4.69) is 5.32 Å². The van der Waals surface area contributed by atoms with Gasteiger partial charge in [0.2, 0.25) is 11.8 Å². The van der Waals surface area contributed by atoms with E-state index in [0.29, 0.717) is 12.8 Å². The van der Waals surface area contributed by atoms with Crippen molar-refractivity contribution in [2.75, 3.05) is 6.54 Å². The van der Waals surface area contributed by atoms with Crippen LogP contribution in [-0.2, 0) is 9.59 Å². The maximum absolute atomic E-state index is 11.9. The van der Waals surface area contributed by atoms with Crippen LogP contribution >= 0.6 is 0 Å². The second-order valence-electron chi connectivity index (χ2n) is 4.72. The Bertz CT molecular complexity index is 292. The van der Waals surface area contributed by atoms with Gasteiger partial charge in [0.05, 0.1) is 12.6 Å². The minimum atomic E-state index is -0.262. The summed E-state index contributed by atoms with van der Waals surface area (Å²) < 4.78 is 0. The minimum Gasteiger partial charge on any atom is -0.393 e. The number of nitrogens with one attached hydrogen (secondary N) is 1. The van der Waals surface area contributed by atoms with Crippen molar-refractivity contribution in [3.8, 4) is 0 Å². The van der Waals surface area contributed by atoms with Gasteiger partial charge < -0.3 is 15.3 Å². The molecule has 2 aliphatic heterocycles. The summed E-state index contributed by atoms with van der Waals surface area (Å²) in [4.78, 5) is 24.5. The van der Waals surface area contributed by atoms with Crippen LogP contribution in [0.5, 0.6) is 0 Å². The molecule has 2 N–H and O–H groups in total. The van der Waals surface area contributed by atoms with Gasteiger partial charge in [-0.15, -0.1) is 0 Å². The Morgan fingerprint density at radius 2 is 1.88 bits per heavy atom. The van der Waals surface area contributed by atoms with Crippen molar-refractivity contribution in [3.63, 3.8) is 0 Å².